The first-order valence-corrected chi connectivity index (χ1v) is 11.6. The molecule has 1 heterocycles. The maximum Gasteiger partial charge on any atom is 0.305 e. The number of fused-ring (bicyclic) bond motifs is 1. The molecule has 0 aromatic carbocycles. The lowest BCUT2D eigenvalue weighted by Gasteiger charge is -2.21. The standard InChI is InChI=1S/C21H35IO5/c1-3-4-5-7-14(23)10-11-15-16-12-20(27-19(16)13-18(15)24)17(22)8-6-9-21(25)26-2/h10-11,14-20,23-24H,3-9,12-13H2,1-2H3/b11-10+/t14-,15+,16+,17?,18+,19-,20?/m0/s1. The molecule has 0 amide bonds. The molecule has 0 spiro atoms. The Kier molecular flexibility index (Phi) is 10.0. The summed E-state index contributed by atoms with van der Waals surface area (Å²) in [7, 11) is 1.42. The highest BCUT2D eigenvalue weighted by Crippen LogP contribution is 2.46. The highest BCUT2D eigenvalue weighted by molar-refractivity contribution is 14.1. The molecule has 1 saturated carbocycles. The van der Waals surface area contributed by atoms with Gasteiger partial charge in [-0.2, -0.15) is 0 Å². The van der Waals surface area contributed by atoms with Crippen LogP contribution in [0.25, 0.3) is 0 Å². The number of unbranched alkanes of at least 4 members (excludes halogenated alkanes) is 2. The maximum absolute atomic E-state index is 11.3. The average molecular weight is 494 g/mol. The van der Waals surface area contributed by atoms with Crippen molar-refractivity contribution in [2.75, 3.05) is 7.11 Å². The van der Waals surface area contributed by atoms with E-state index in [1.54, 1.807) is 0 Å². The van der Waals surface area contributed by atoms with Gasteiger partial charge in [-0.1, -0.05) is 60.9 Å². The van der Waals surface area contributed by atoms with E-state index in [0.717, 1.165) is 44.9 Å². The molecule has 2 aliphatic rings. The Hall–Kier alpha value is -0.180. The van der Waals surface area contributed by atoms with Crippen LogP contribution in [0.3, 0.4) is 0 Å². The fraction of sp³-hybridized carbons (Fsp3) is 0.857. The molecule has 2 unspecified atom stereocenters. The number of methoxy groups -OCH3 is 1. The maximum atomic E-state index is 11.3. The summed E-state index contributed by atoms with van der Waals surface area (Å²) in [6.07, 6.45) is 11.3. The molecule has 2 fully saturated rings. The molecular formula is C21H35IO5. The van der Waals surface area contributed by atoms with E-state index in [4.69, 9.17) is 9.47 Å². The Morgan fingerprint density at radius 2 is 2.07 bits per heavy atom. The van der Waals surface area contributed by atoms with Gasteiger partial charge in [-0.25, -0.2) is 0 Å². The number of rotatable bonds is 11. The number of hydrogen-bond acceptors (Lipinski definition) is 5. The molecule has 2 rings (SSSR count). The van der Waals surface area contributed by atoms with Crippen LogP contribution in [0.15, 0.2) is 12.2 Å². The molecule has 0 radical (unpaired) electrons. The van der Waals surface area contributed by atoms with Crippen LogP contribution in [0.2, 0.25) is 0 Å². The van der Waals surface area contributed by atoms with Crippen LogP contribution >= 0.6 is 22.6 Å². The Morgan fingerprint density at radius 3 is 2.78 bits per heavy atom. The smallest absolute Gasteiger partial charge is 0.305 e. The van der Waals surface area contributed by atoms with E-state index in [9.17, 15) is 15.0 Å². The minimum atomic E-state index is -0.420. The van der Waals surface area contributed by atoms with Crippen molar-refractivity contribution in [3.05, 3.63) is 12.2 Å². The molecule has 2 N–H and O–H groups in total. The second kappa shape index (κ2) is 11.7. The Bertz CT molecular complexity index is 483. The summed E-state index contributed by atoms with van der Waals surface area (Å²) in [5.41, 5.74) is 0. The monoisotopic (exact) mass is 494 g/mol. The van der Waals surface area contributed by atoms with E-state index in [1.807, 2.05) is 12.2 Å². The molecule has 6 heteroatoms. The van der Waals surface area contributed by atoms with E-state index >= 15 is 0 Å². The lowest BCUT2D eigenvalue weighted by atomic mass is 9.89. The fourth-order valence-corrected chi connectivity index (χ4v) is 5.21. The van der Waals surface area contributed by atoms with Gasteiger partial charge in [0.1, 0.15) is 0 Å². The van der Waals surface area contributed by atoms with Crippen molar-refractivity contribution in [3.63, 3.8) is 0 Å². The van der Waals surface area contributed by atoms with Crippen LogP contribution in [-0.2, 0) is 14.3 Å². The second-order valence-corrected chi connectivity index (χ2v) is 9.53. The number of esters is 1. The van der Waals surface area contributed by atoms with Gasteiger partial charge < -0.3 is 19.7 Å². The van der Waals surface area contributed by atoms with Crippen LogP contribution in [0.1, 0.15) is 64.7 Å². The third-order valence-corrected chi connectivity index (χ3v) is 7.32. The van der Waals surface area contributed by atoms with Crippen LogP contribution in [-0.4, -0.2) is 51.6 Å². The molecule has 27 heavy (non-hydrogen) atoms. The molecule has 156 valence electrons. The number of hydrogen-bond donors (Lipinski definition) is 2. The minimum absolute atomic E-state index is 0.0690. The van der Waals surface area contributed by atoms with Gasteiger partial charge in [0.05, 0.1) is 31.5 Å². The number of carbonyl (C=O) groups excluding carboxylic acids is 1. The van der Waals surface area contributed by atoms with Crippen LogP contribution in [0.4, 0.5) is 0 Å². The van der Waals surface area contributed by atoms with Gasteiger partial charge in [-0.05, 0) is 31.6 Å². The molecular weight excluding hydrogens is 459 g/mol. The first-order chi connectivity index (χ1) is 13.0. The number of aliphatic hydroxyl groups is 2. The Labute approximate surface area is 177 Å². The molecule has 0 aromatic rings. The predicted molar refractivity (Wildman–Crippen MR) is 114 cm³/mol. The molecule has 0 aromatic heterocycles. The summed E-state index contributed by atoms with van der Waals surface area (Å²) < 4.78 is 11.3. The number of ether oxygens (including phenoxy) is 2. The molecule has 0 bridgehead atoms. The SMILES string of the molecule is CCCCC[C@H](O)/C=C/[C@@H]1[C@H]2CC(C(I)CCCC(=O)OC)O[C@H]2C[C@H]1O. The summed E-state index contributed by atoms with van der Waals surface area (Å²) in [6.45, 7) is 2.16. The van der Waals surface area contributed by atoms with Crippen molar-refractivity contribution in [3.8, 4) is 0 Å². The minimum Gasteiger partial charge on any atom is -0.469 e. The van der Waals surface area contributed by atoms with Crippen molar-refractivity contribution >= 4 is 28.6 Å². The molecule has 7 atom stereocenters. The largest absolute Gasteiger partial charge is 0.469 e. The molecule has 1 saturated heterocycles. The summed E-state index contributed by atoms with van der Waals surface area (Å²) in [5.74, 6) is 0.232. The molecule has 1 aliphatic carbocycles. The zero-order valence-electron chi connectivity index (χ0n) is 16.6. The lowest BCUT2D eigenvalue weighted by molar-refractivity contribution is -0.140. The molecule has 5 nitrogen and oxygen atoms in total. The van der Waals surface area contributed by atoms with Gasteiger partial charge in [-0.3, -0.25) is 4.79 Å². The van der Waals surface area contributed by atoms with Crippen LogP contribution in [0.5, 0.6) is 0 Å². The van der Waals surface area contributed by atoms with E-state index in [2.05, 4.69) is 29.5 Å². The van der Waals surface area contributed by atoms with Gasteiger partial charge in [0.25, 0.3) is 0 Å². The highest BCUT2D eigenvalue weighted by Gasteiger charge is 2.49. The van der Waals surface area contributed by atoms with E-state index in [1.165, 1.54) is 7.11 Å². The van der Waals surface area contributed by atoms with Crippen molar-refractivity contribution < 1.29 is 24.5 Å². The van der Waals surface area contributed by atoms with E-state index < -0.39 is 6.10 Å². The topological polar surface area (TPSA) is 76.0 Å². The van der Waals surface area contributed by atoms with Gasteiger partial charge in [0, 0.05) is 22.7 Å². The van der Waals surface area contributed by atoms with E-state index in [-0.39, 0.29) is 30.2 Å². The highest BCUT2D eigenvalue weighted by atomic mass is 127. The van der Waals surface area contributed by atoms with Gasteiger partial charge >= 0.3 is 5.97 Å². The third kappa shape index (κ3) is 6.98. The number of aliphatic hydroxyl groups excluding tert-OH is 2. The van der Waals surface area contributed by atoms with Crippen molar-refractivity contribution in [2.24, 2.45) is 11.8 Å². The summed E-state index contributed by atoms with van der Waals surface area (Å²) in [4.78, 5) is 11.3. The van der Waals surface area contributed by atoms with Crippen LogP contribution in [0, 0.1) is 11.8 Å². The average Bonchev–Trinajstić information content (AvgIpc) is 3.17. The van der Waals surface area contributed by atoms with Crippen molar-refractivity contribution in [2.45, 2.75) is 93.1 Å². The first-order valence-electron chi connectivity index (χ1n) is 10.4. The number of carbonyl (C=O) groups is 1. The zero-order valence-corrected chi connectivity index (χ0v) is 18.7. The second-order valence-electron chi connectivity index (χ2n) is 7.93. The number of halogens is 1. The fourth-order valence-electron chi connectivity index (χ4n) is 4.31. The molecule has 1 aliphatic heterocycles. The van der Waals surface area contributed by atoms with E-state index in [0.29, 0.717) is 22.7 Å². The Morgan fingerprint density at radius 1 is 1.30 bits per heavy atom. The quantitative estimate of drug-likeness (QED) is 0.150. The third-order valence-electron chi connectivity index (χ3n) is 5.89. The van der Waals surface area contributed by atoms with Crippen molar-refractivity contribution in [1.82, 2.24) is 0 Å². The lowest BCUT2D eigenvalue weighted by Crippen LogP contribution is -2.24. The summed E-state index contributed by atoms with van der Waals surface area (Å²) >= 11 is 2.43. The summed E-state index contributed by atoms with van der Waals surface area (Å²) in [5, 5.41) is 20.5. The predicted octanol–water partition coefficient (Wildman–Crippen LogP) is 3.79. The van der Waals surface area contributed by atoms with Gasteiger partial charge in [0.2, 0.25) is 0 Å². The van der Waals surface area contributed by atoms with Gasteiger partial charge in [0.15, 0.2) is 0 Å². The normalized spacial score (nSPS) is 32.6. The zero-order chi connectivity index (χ0) is 19.8. The Balaban J connectivity index is 1.81. The first kappa shape index (κ1) is 23.1. The summed E-state index contributed by atoms with van der Waals surface area (Å²) in [6, 6.07) is 0. The van der Waals surface area contributed by atoms with Crippen molar-refractivity contribution in [1.29, 1.82) is 0 Å². The van der Waals surface area contributed by atoms with Crippen LogP contribution < -0.4 is 0 Å². The van der Waals surface area contributed by atoms with Gasteiger partial charge in [-0.15, -0.1) is 0 Å². The number of alkyl halides is 1.